The molecule has 1 aromatic carbocycles. The van der Waals surface area contributed by atoms with Gasteiger partial charge in [-0.2, -0.15) is 13.2 Å². The summed E-state index contributed by atoms with van der Waals surface area (Å²) in [5, 5.41) is 7.12. The fourth-order valence-corrected chi connectivity index (χ4v) is 1.60. The number of hydrogen-bond donors (Lipinski definition) is 2. The number of amides is 1. The Kier molecular flexibility index (Phi) is 4.36. The van der Waals surface area contributed by atoms with Crippen molar-refractivity contribution in [2.45, 2.75) is 18.3 Å². The van der Waals surface area contributed by atoms with Crippen LogP contribution in [-0.2, 0) is 15.3 Å². The van der Waals surface area contributed by atoms with E-state index in [1.807, 2.05) is 6.07 Å². The van der Waals surface area contributed by atoms with Gasteiger partial charge in [0.25, 0.3) is 0 Å². The number of primary amides is 1. The van der Waals surface area contributed by atoms with Gasteiger partial charge in [0.2, 0.25) is 5.91 Å². The summed E-state index contributed by atoms with van der Waals surface area (Å²) in [6, 6.07) is 8.69. The molecular weight excluding hydrogens is 282 g/mol. The summed E-state index contributed by atoms with van der Waals surface area (Å²) in [6.07, 6.45) is -4.85. The molecule has 0 aromatic heterocycles. The highest BCUT2D eigenvalue weighted by Crippen LogP contribution is 2.55. The van der Waals surface area contributed by atoms with E-state index in [0.29, 0.717) is 5.56 Å². The fraction of sp³-hybridized carbons (Fsp3) is 0.333. The molecule has 0 radical (unpaired) electrons. The maximum Gasteiger partial charge on any atom is 0.490 e. The zero-order valence-electron chi connectivity index (χ0n) is 10.0. The van der Waals surface area contributed by atoms with E-state index >= 15 is 0 Å². The number of alkyl halides is 4. The van der Waals surface area contributed by atoms with Crippen molar-refractivity contribution in [1.82, 2.24) is 0 Å². The van der Waals surface area contributed by atoms with E-state index in [1.54, 1.807) is 24.3 Å². The number of benzene rings is 1. The average Bonchev–Trinajstić information content (AvgIpc) is 3.04. The Morgan fingerprint density at radius 1 is 1.25 bits per heavy atom. The maximum absolute atomic E-state index is 13.8. The molecule has 0 saturated heterocycles. The number of aliphatic carboxylic acids is 1. The van der Waals surface area contributed by atoms with Crippen molar-refractivity contribution in [2.24, 2.45) is 11.7 Å². The van der Waals surface area contributed by atoms with E-state index in [2.05, 4.69) is 0 Å². The van der Waals surface area contributed by atoms with Gasteiger partial charge in [0, 0.05) is 6.42 Å². The Labute approximate surface area is 111 Å². The number of carboxylic acid groups (broad SMARTS) is 1. The molecule has 110 valence electrons. The third-order valence-corrected chi connectivity index (χ3v) is 2.73. The Morgan fingerprint density at radius 2 is 1.70 bits per heavy atom. The fourth-order valence-electron chi connectivity index (χ4n) is 1.60. The van der Waals surface area contributed by atoms with E-state index in [1.165, 1.54) is 0 Å². The second-order valence-electron chi connectivity index (χ2n) is 4.19. The molecule has 0 spiro atoms. The Hall–Kier alpha value is -2.12. The van der Waals surface area contributed by atoms with Crippen molar-refractivity contribution in [3.05, 3.63) is 35.9 Å². The lowest BCUT2D eigenvalue weighted by molar-refractivity contribution is -0.192. The summed E-state index contributed by atoms with van der Waals surface area (Å²) in [7, 11) is 0. The highest BCUT2D eigenvalue weighted by Gasteiger charge is 2.60. The van der Waals surface area contributed by atoms with Crippen molar-refractivity contribution in [1.29, 1.82) is 0 Å². The van der Waals surface area contributed by atoms with E-state index < -0.39 is 29.6 Å². The van der Waals surface area contributed by atoms with E-state index in [4.69, 9.17) is 15.6 Å². The summed E-state index contributed by atoms with van der Waals surface area (Å²) in [5.41, 5.74) is 4.09. The van der Waals surface area contributed by atoms with Gasteiger partial charge < -0.3 is 10.8 Å². The quantitative estimate of drug-likeness (QED) is 0.818. The zero-order chi connectivity index (χ0) is 15.6. The number of halogens is 4. The van der Waals surface area contributed by atoms with Crippen LogP contribution in [-0.4, -0.2) is 23.2 Å². The smallest absolute Gasteiger partial charge is 0.475 e. The average molecular weight is 293 g/mol. The standard InChI is InChI=1S/C10H10FNO.C2HF3O2/c11-10(6-8(10)9(12)13)7-4-2-1-3-5-7;3-2(4,5)1(6)7/h1-5,8H,6H2,(H2,12,13);(H,6,7)/t8-,10+;/m0./s1. The van der Waals surface area contributed by atoms with Crippen LogP contribution in [0.4, 0.5) is 17.6 Å². The zero-order valence-corrected chi connectivity index (χ0v) is 10.0. The monoisotopic (exact) mass is 293 g/mol. The van der Waals surface area contributed by atoms with Gasteiger partial charge in [-0.25, -0.2) is 9.18 Å². The third kappa shape index (κ3) is 3.69. The molecule has 0 aliphatic heterocycles. The SMILES string of the molecule is NC(=O)[C@@H]1C[C@@]1(F)c1ccccc1.O=C(O)C(F)(F)F. The van der Waals surface area contributed by atoms with Gasteiger partial charge in [0.1, 0.15) is 5.67 Å². The predicted molar refractivity (Wildman–Crippen MR) is 60.2 cm³/mol. The lowest BCUT2D eigenvalue weighted by atomic mass is 10.1. The summed E-state index contributed by atoms with van der Waals surface area (Å²) >= 11 is 0. The number of carbonyl (C=O) groups is 2. The van der Waals surface area contributed by atoms with Crippen LogP contribution in [0.1, 0.15) is 12.0 Å². The van der Waals surface area contributed by atoms with Gasteiger partial charge in [-0.05, 0) is 5.56 Å². The molecule has 2 rings (SSSR count). The van der Waals surface area contributed by atoms with Gasteiger partial charge in [-0.3, -0.25) is 4.79 Å². The molecule has 1 aliphatic rings. The molecule has 1 fully saturated rings. The molecule has 0 bridgehead atoms. The largest absolute Gasteiger partial charge is 0.490 e. The van der Waals surface area contributed by atoms with E-state index in [9.17, 15) is 22.4 Å². The summed E-state index contributed by atoms with van der Waals surface area (Å²) in [5.74, 6) is -3.94. The second kappa shape index (κ2) is 5.48. The predicted octanol–water partition coefficient (Wildman–Crippen LogP) is 1.99. The summed E-state index contributed by atoms with van der Waals surface area (Å²) in [4.78, 5) is 19.6. The molecule has 1 aromatic rings. The lowest BCUT2D eigenvalue weighted by Crippen LogP contribution is -2.21. The minimum absolute atomic E-state index is 0.229. The van der Waals surface area contributed by atoms with Crippen molar-refractivity contribution >= 4 is 11.9 Å². The van der Waals surface area contributed by atoms with Crippen LogP contribution in [0.3, 0.4) is 0 Å². The number of hydrogen-bond acceptors (Lipinski definition) is 2. The van der Waals surface area contributed by atoms with Crippen molar-refractivity contribution in [3.63, 3.8) is 0 Å². The molecule has 4 nitrogen and oxygen atoms in total. The van der Waals surface area contributed by atoms with E-state index in [-0.39, 0.29) is 6.42 Å². The van der Waals surface area contributed by atoms with Crippen LogP contribution in [0, 0.1) is 5.92 Å². The molecule has 2 atom stereocenters. The van der Waals surface area contributed by atoms with Crippen LogP contribution in [0.2, 0.25) is 0 Å². The molecular formula is C12H11F4NO3. The minimum Gasteiger partial charge on any atom is -0.475 e. The van der Waals surface area contributed by atoms with Crippen LogP contribution >= 0.6 is 0 Å². The Morgan fingerprint density at radius 3 is 2.00 bits per heavy atom. The molecule has 3 N–H and O–H groups in total. The second-order valence-corrected chi connectivity index (χ2v) is 4.19. The topological polar surface area (TPSA) is 80.4 Å². The molecule has 1 amide bonds. The van der Waals surface area contributed by atoms with Crippen LogP contribution in [0.5, 0.6) is 0 Å². The van der Waals surface area contributed by atoms with Gasteiger partial charge >= 0.3 is 12.1 Å². The Bertz CT molecular complexity index is 503. The van der Waals surface area contributed by atoms with Gasteiger partial charge in [0.15, 0.2) is 0 Å². The molecule has 8 heteroatoms. The summed E-state index contributed by atoms with van der Waals surface area (Å²) < 4.78 is 45.6. The first-order valence-electron chi connectivity index (χ1n) is 5.43. The number of carboxylic acids is 1. The number of carbonyl (C=O) groups excluding carboxylic acids is 1. The third-order valence-electron chi connectivity index (χ3n) is 2.73. The molecule has 1 aliphatic carbocycles. The van der Waals surface area contributed by atoms with Crippen molar-refractivity contribution < 1.29 is 32.3 Å². The highest BCUT2D eigenvalue weighted by molar-refractivity contribution is 5.82. The van der Waals surface area contributed by atoms with Gasteiger partial charge in [0.05, 0.1) is 5.92 Å². The van der Waals surface area contributed by atoms with Crippen LogP contribution < -0.4 is 5.73 Å². The first-order chi connectivity index (χ1) is 9.09. The van der Waals surface area contributed by atoms with Crippen LogP contribution in [0.25, 0.3) is 0 Å². The molecule has 0 unspecified atom stereocenters. The first-order valence-corrected chi connectivity index (χ1v) is 5.43. The van der Waals surface area contributed by atoms with Crippen LogP contribution in [0.15, 0.2) is 30.3 Å². The lowest BCUT2D eigenvalue weighted by Gasteiger charge is -2.05. The van der Waals surface area contributed by atoms with Gasteiger partial charge in [-0.1, -0.05) is 30.3 Å². The number of rotatable bonds is 2. The molecule has 0 heterocycles. The minimum atomic E-state index is -5.08. The summed E-state index contributed by atoms with van der Waals surface area (Å²) in [6.45, 7) is 0. The van der Waals surface area contributed by atoms with Crippen molar-refractivity contribution in [2.75, 3.05) is 0 Å². The molecule has 20 heavy (non-hydrogen) atoms. The highest BCUT2D eigenvalue weighted by atomic mass is 19.4. The van der Waals surface area contributed by atoms with E-state index in [0.717, 1.165) is 0 Å². The Balaban J connectivity index is 0.000000246. The number of nitrogens with two attached hydrogens (primary N) is 1. The normalized spacial score (nSPS) is 24.3. The first kappa shape index (κ1) is 15.9. The van der Waals surface area contributed by atoms with Gasteiger partial charge in [-0.15, -0.1) is 0 Å². The molecule has 1 saturated carbocycles. The maximum atomic E-state index is 13.8. The van der Waals surface area contributed by atoms with Crippen molar-refractivity contribution in [3.8, 4) is 0 Å².